The molecule has 0 spiro atoms. The topological polar surface area (TPSA) is 105 Å². The van der Waals surface area contributed by atoms with E-state index in [0.29, 0.717) is 0 Å². The van der Waals surface area contributed by atoms with Crippen LogP contribution in [0.2, 0.25) is 0 Å². The van der Waals surface area contributed by atoms with Crippen LogP contribution < -0.4 is 11.5 Å². The van der Waals surface area contributed by atoms with E-state index in [0.717, 1.165) is 25.7 Å². The zero-order valence-corrected chi connectivity index (χ0v) is 13.1. The van der Waals surface area contributed by atoms with E-state index in [1.807, 2.05) is 13.8 Å². The van der Waals surface area contributed by atoms with Crippen molar-refractivity contribution in [3.05, 3.63) is 12.2 Å². The van der Waals surface area contributed by atoms with E-state index in [1.54, 1.807) is 0 Å². The minimum atomic E-state index is -0.614. The average Bonchev–Trinajstić information content (AvgIpc) is 2.43. The van der Waals surface area contributed by atoms with Crippen molar-refractivity contribution >= 4 is 11.9 Å². The minimum Gasteiger partial charge on any atom is -0.464 e. The molecule has 4 N–H and O–H groups in total. The van der Waals surface area contributed by atoms with Crippen LogP contribution in [0.1, 0.15) is 46.0 Å². The highest BCUT2D eigenvalue weighted by molar-refractivity contribution is 5.93. The molecular formula is C15H28N2O4. The summed E-state index contributed by atoms with van der Waals surface area (Å²) in [5.41, 5.74) is 11.5. The van der Waals surface area contributed by atoms with Crippen LogP contribution in [0.25, 0.3) is 0 Å². The molecule has 2 atom stereocenters. The number of hydrogen-bond donors (Lipinski definition) is 2. The second-order valence-electron chi connectivity index (χ2n) is 5.16. The van der Waals surface area contributed by atoms with Crippen molar-refractivity contribution in [2.75, 3.05) is 13.2 Å². The van der Waals surface area contributed by atoms with Crippen molar-refractivity contribution in [3.63, 3.8) is 0 Å². The number of rotatable bonds is 11. The van der Waals surface area contributed by atoms with Crippen LogP contribution in [0.3, 0.4) is 0 Å². The first kappa shape index (κ1) is 19.6. The van der Waals surface area contributed by atoms with Gasteiger partial charge >= 0.3 is 11.9 Å². The summed E-state index contributed by atoms with van der Waals surface area (Å²) < 4.78 is 9.97. The second kappa shape index (κ2) is 11.3. The molecule has 0 aromatic rings. The van der Waals surface area contributed by atoms with E-state index in [9.17, 15) is 9.59 Å². The van der Waals surface area contributed by atoms with E-state index in [4.69, 9.17) is 20.9 Å². The van der Waals surface area contributed by atoms with Gasteiger partial charge in [0.05, 0.1) is 6.42 Å². The van der Waals surface area contributed by atoms with Crippen LogP contribution in [0, 0.1) is 0 Å². The van der Waals surface area contributed by atoms with Crippen LogP contribution in [-0.2, 0) is 19.1 Å². The summed E-state index contributed by atoms with van der Waals surface area (Å²) >= 11 is 0. The quantitative estimate of drug-likeness (QED) is 0.440. The molecule has 0 heterocycles. The summed E-state index contributed by atoms with van der Waals surface area (Å²) in [7, 11) is 0. The Balaban J connectivity index is 3.95. The van der Waals surface area contributed by atoms with Crippen molar-refractivity contribution in [3.8, 4) is 0 Å². The lowest BCUT2D eigenvalue weighted by Gasteiger charge is -2.13. The molecule has 21 heavy (non-hydrogen) atoms. The fourth-order valence-electron chi connectivity index (χ4n) is 1.69. The van der Waals surface area contributed by atoms with E-state index >= 15 is 0 Å². The van der Waals surface area contributed by atoms with Gasteiger partial charge in [-0.05, 0) is 12.8 Å². The Morgan fingerprint density at radius 3 is 1.95 bits per heavy atom. The average molecular weight is 300 g/mol. The molecule has 0 aliphatic heterocycles. The van der Waals surface area contributed by atoms with Crippen molar-refractivity contribution in [2.24, 2.45) is 11.5 Å². The molecular weight excluding hydrogens is 272 g/mol. The standard InChI is InChI=1S/C15H28N2O4/c1-4-6-12(16)9-20-14(18)8-11(3)15(19)21-10-13(17)7-5-2/h12-13H,3-10,16-17H2,1-2H3. The van der Waals surface area contributed by atoms with E-state index in [-0.39, 0.29) is 37.3 Å². The first-order valence-corrected chi connectivity index (χ1v) is 7.42. The number of ether oxygens (including phenoxy) is 2. The van der Waals surface area contributed by atoms with Crippen molar-refractivity contribution in [1.29, 1.82) is 0 Å². The lowest BCUT2D eigenvalue weighted by atomic mass is 10.2. The zero-order chi connectivity index (χ0) is 16.3. The minimum absolute atomic E-state index is 0.0627. The van der Waals surface area contributed by atoms with Gasteiger partial charge < -0.3 is 20.9 Å². The van der Waals surface area contributed by atoms with Gasteiger partial charge in [0.1, 0.15) is 13.2 Å². The zero-order valence-electron chi connectivity index (χ0n) is 13.1. The third kappa shape index (κ3) is 10.0. The van der Waals surface area contributed by atoms with Gasteiger partial charge in [0, 0.05) is 17.7 Å². The SMILES string of the molecule is C=C(CC(=O)OCC(N)CCC)C(=O)OCC(N)CCC. The highest BCUT2D eigenvalue weighted by atomic mass is 16.5. The molecule has 0 fully saturated rings. The summed E-state index contributed by atoms with van der Waals surface area (Å²) in [6, 6.07) is -0.364. The Hall–Kier alpha value is -1.40. The van der Waals surface area contributed by atoms with Crippen LogP contribution >= 0.6 is 0 Å². The Kier molecular flexibility index (Phi) is 10.5. The maximum absolute atomic E-state index is 11.6. The second-order valence-corrected chi connectivity index (χ2v) is 5.16. The van der Waals surface area contributed by atoms with Crippen LogP contribution in [0.15, 0.2) is 12.2 Å². The number of esters is 2. The molecule has 0 rings (SSSR count). The van der Waals surface area contributed by atoms with E-state index < -0.39 is 11.9 Å². The maximum Gasteiger partial charge on any atom is 0.334 e. The first-order chi connectivity index (χ1) is 9.90. The van der Waals surface area contributed by atoms with Gasteiger partial charge in [-0.15, -0.1) is 0 Å². The molecule has 0 saturated heterocycles. The molecule has 2 unspecified atom stereocenters. The highest BCUT2D eigenvalue weighted by Gasteiger charge is 2.16. The van der Waals surface area contributed by atoms with Crippen molar-refractivity contribution < 1.29 is 19.1 Å². The number of hydrogen-bond acceptors (Lipinski definition) is 6. The summed E-state index contributed by atoms with van der Waals surface area (Å²) in [5, 5.41) is 0. The fourth-order valence-corrected chi connectivity index (χ4v) is 1.69. The molecule has 0 aromatic heterocycles. The Morgan fingerprint density at radius 2 is 1.48 bits per heavy atom. The molecule has 122 valence electrons. The van der Waals surface area contributed by atoms with Gasteiger partial charge in [-0.25, -0.2) is 4.79 Å². The molecule has 6 nitrogen and oxygen atoms in total. The Morgan fingerprint density at radius 1 is 1.00 bits per heavy atom. The summed E-state index contributed by atoms with van der Waals surface area (Å²) in [5.74, 6) is -1.14. The molecule has 0 aliphatic carbocycles. The van der Waals surface area contributed by atoms with Gasteiger partial charge in [0.25, 0.3) is 0 Å². The highest BCUT2D eigenvalue weighted by Crippen LogP contribution is 2.05. The van der Waals surface area contributed by atoms with Crippen molar-refractivity contribution in [1.82, 2.24) is 0 Å². The third-order valence-corrected chi connectivity index (χ3v) is 2.85. The lowest BCUT2D eigenvalue weighted by Crippen LogP contribution is -2.29. The summed E-state index contributed by atoms with van der Waals surface area (Å²) in [4.78, 5) is 23.2. The predicted molar refractivity (Wildman–Crippen MR) is 81.4 cm³/mol. The number of nitrogens with two attached hydrogens (primary N) is 2. The molecule has 0 amide bonds. The molecule has 0 radical (unpaired) electrons. The largest absolute Gasteiger partial charge is 0.464 e. The van der Waals surface area contributed by atoms with Crippen LogP contribution in [0.4, 0.5) is 0 Å². The lowest BCUT2D eigenvalue weighted by molar-refractivity contribution is -0.146. The van der Waals surface area contributed by atoms with Crippen LogP contribution in [-0.4, -0.2) is 37.2 Å². The number of carbonyl (C=O) groups excluding carboxylic acids is 2. The molecule has 0 bridgehead atoms. The first-order valence-electron chi connectivity index (χ1n) is 7.42. The molecule has 0 aromatic carbocycles. The maximum atomic E-state index is 11.6. The van der Waals surface area contributed by atoms with Gasteiger partial charge in [0.2, 0.25) is 0 Å². The summed E-state index contributed by atoms with van der Waals surface area (Å²) in [6.07, 6.45) is 3.21. The monoisotopic (exact) mass is 300 g/mol. The van der Waals surface area contributed by atoms with Crippen molar-refractivity contribution in [2.45, 2.75) is 58.0 Å². The van der Waals surface area contributed by atoms with Gasteiger partial charge in [-0.3, -0.25) is 4.79 Å². The molecule has 6 heteroatoms. The predicted octanol–water partition coefficient (Wildman–Crippen LogP) is 1.27. The molecule has 0 aliphatic rings. The fraction of sp³-hybridized carbons (Fsp3) is 0.733. The smallest absolute Gasteiger partial charge is 0.334 e. The molecule has 0 saturated carbocycles. The van der Waals surface area contributed by atoms with Gasteiger partial charge in [-0.1, -0.05) is 33.3 Å². The number of carbonyl (C=O) groups is 2. The Bertz CT molecular complexity index is 345. The Labute approximate surface area is 126 Å². The van der Waals surface area contributed by atoms with Gasteiger partial charge in [0.15, 0.2) is 0 Å². The normalized spacial score (nSPS) is 13.3. The third-order valence-electron chi connectivity index (χ3n) is 2.85. The van der Waals surface area contributed by atoms with Crippen LogP contribution in [0.5, 0.6) is 0 Å². The van der Waals surface area contributed by atoms with E-state index in [1.165, 1.54) is 0 Å². The summed E-state index contributed by atoms with van der Waals surface area (Å²) in [6.45, 7) is 7.81. The van der Waals surface area contributed by atoms with E-state index in [2.05, 4.69) is 6.58 Å². The van der Waals surface area contributed by atoms with Gasteiger partial charge in [-0.2, -0.15) is 0 Å².